The van der Waals surface area contributed by atoms with E-state index >= 15 is 0 Å². The van der Waals surface area contributed by atoms with Crippen molar-refractivity contribution in [3.8, 4) is 6.07 Å². The van der Waals surface area contributed by atoms with Crippen LogP contribution in [-0.2, 0) is 16.6 Å². The van der Waals surface area contributed by atoms with Crippen molar-refractivity contribution in [3.05, 3.63) is 17.9 Å². The lowest BCUT2D eigenvalue weighted by atomic mass is 9.96. The smallest absolute Gasteiger partial charge is 0.273 e. The van der Waals surface area contributed by atoms with Crippen LogP contribution in [0.3, 0.4) is 0 Å². The van der Waals surface area contributed by atoms with Gasteiger partial charge in [-0.05, 0) is 33.0 Å². The summed E-state index contributed by atoms with van der Waals surface area (Å²) in [7, 11) is -2.21. The maximum absolute atomic E-state index is 11.4. The van der Waals surface area contributed by atoms with Crippen molar-refractivity contribution in [2.24, 2.45) is 5.41 Å². The highest BCUT2D eigenvalue weighted by molar-refractivity contribution is 7.89. The van der Waals surface area contributed by atoms with Gasteiger partial charge in [-0.3, -0.25) is 0 Å². The van der Waals surface area contributed by atoms with Crippen LogP contribution in [0, 0.1) is 16.7 Å². The third-order valence-corrected chi connectivity index (χ3v) is 3.63. The number of nitrogens with zero attached hydrogens (tertiary/aromatic N) is 1. The number of hydrogen-bond donors (Lipinski definition) is 2. The largest absolute Gasteiger partial charge is 0.447 e. The van der Waals surface area contributed by atoms with Crippen LogP contribution in [0.1, 0.15) is 19.6 Å². The fourth-order valence-corrected chi connectivity index (χ4v) is 1.90. The van der Waals surface area contributed by atoms with E-state index in [1.807, 2.05) is 13.8 Å². The Hall–Kier alpha value is -1.36. The first kappa shape index (κ1) is 14.7. The van der Waals surface area contributed by atoms with Gasteiger partial charge >= 0.3 is 0 Å². The van der Waals surface area contributed by atoms with Gasteiger partial charge in [0.1, 0.15) is 5.76 Å². The Kier molecular flexibility index (Phi) is 4.51. The molecule has 7 heteroatoms. The predicted octanol–water partition coefficient (Wildman–Crippen LogP) is 0.827. The molecule has 1 rings (SSSR count). The van der Waals surface area contributed by atoms with Gasteiger partial charge in [0.25, 0.3) is 10.0 Å². The van der Waals surface area contributed by atoms with E-state index < -0.39 is 15.4 Å². The lowest BCUT2D eigenvalue weighted by Gasteiger charge is -2.14. The van der Waals surface area contributed by atoms with Crippen LogP contribution in [0.5, 0.6) is 0 Å². The zero-order valence-electron chi connectivity index (χ0n) is 10.6. The van der Waals surface area contributed by atoms with Crippen molar-refractivity contribution >= 4 is 10.0 Å². The zero-order chi connectivity index (χ0) is 13.8. The first-order valence-corrected chi connectivity index (χ1v) is 6.93. The second kappa shape index (κ2) is 5.52. The minimum absolute atomic E-state index is 0.110. The quantitative estimate of drug-likeness (QED) is 0.799. The van der Waals surface area contributed by atoms with Crippen LogP contribution in [0.4, 0.5) is 0 Å². The molecule has 0 amide bonds. The molecule has 1 aromatic heterocycles. The maximum atomic E-state index is 11.4. The molecule has 100 valence electrons. The van der Waals surface area contributed by atoms with Gasteiger partial charge in [-0.15, -0.1) is 0 Å². The van der Waals surface area contributed by atoms with Gasteiger partial charge in [0.15, 0.2) is 0 Å². The highest BCUT2D eigenvalue weighted by Crippen LogP contribution is 2.14. The first-order valence-electron chi connectivity index (χ1n) is 5.45. The zero-order valence-corrected chi connectivity index (χ0v) is 11.5. The van der Waals surface area contributed by atoms with E-state index in [4.69, 9.17) is 9.68 Å². The molecule has 0 aromatic carbocycles. The summed E-state index contributed by atoms with van der Waals surface area (Å²) in [6.07, 6.45) is 0. The molecular formula is C11H17N3O3S. The predicted molar refractivity (Wildman–Crippen MR) is 66.1 cm³/mol. The molecule has 0 radical (unpaired) electrons. The molecule has 2 N–H and O–H groups in total. The van der Waals surface area contributed by atoms with E-state index in [-0.39, 0.29) is 5.09 Å². The monoisotopic (exact) mass is 271 g/mol. The molecule has 0 aliphatic rings. The Morgan fingerprint density at radius 2 is 2.11 bits per heavy atom. The number of rotatable bonds is 6. The topological polar surface area (TPSA) is 95.1 Å². The Morgan fingerprint density at radius 1 is 1.44 bits per heavy atom. The van der Waals surface area contributed by atoms with Gasteiger partial charge < -0.3 is 9.73 Å². The Balaban J connectivity index is 2.59. The Labute approximate surface area is 107 Å². The summed E-state index contributed by atoms with van der Waals surface area (Å²) in [4.78, 5) is 0. The third kappa shape index (κ3) is 3.84. The van der Waals surface area contributed by atoms with Crippen LogP contribution < -0.4 is 10.0 Å². The second-order valence-corrected chi connectivity index (χ2v) is 6.35. The molecule has 0 spiro atoms. The van der Waals surface area contributed by atoms with E-state index in [2.05, 4.69) is 16.1 Å². The van der Waals surface area contributed by atoms with Gasteiger partial charge in [0, 0.05) is 6.54 Å². The molecule has 6 nitrogen and oxygen atoms in total. The number of nitriles is 1. The summed E-state index contributed by atoms with van der Waals surface area (Å²) in [6.45, 7) is 4.51. The van der Waals surface area contributed by atoms with E-state index in [0.29, 0.717) is 18.8 Å². The Morgan fingerprint density at radius 3 is 2.67 bits per heavy atom. The number of hydrogen-bond acceptors (Lipinski definition) is 5. The fraction of sp³-hybridized carbons (Fsp3) is 0.545. The molecule has 1 aromatic rings. The van der Waals surface area contributed by atoms with Crippen LogP contribution in [0.25, 0.3) is 0 Å². The number of sulfonamides is 1. The third-order valence-electron chi connectivity index (χ3n) is 2.34. The summed E-state index contributed by atoms with van der Waals surface area (Å²) in [6, 6.07) is 5.16. The summed E-state index contributed by atoms with van der Waals surface area (Å²) in [5, 5.41) is 11.8. The average molecular weight is 271 g/mol. The Bertz CT molecular complexity index is 540. The van der Waals surface area contributed by atoms with E-state index in [9.17, 15) is 8.42 Å². The summed E-state index contributed by atoms with van der Waals surface area (Å²) < 4.78 is 30.2. The van der Waals surface area contributed by atoms with E-state index in [0.717, 1.165) is 0 Å². The second-order valence-electron chi connectivity index (χ2n) is 4.53. The number of nitrogens with one attached hydrogen (secondary N) is 2. The molecule has 0 fully saturated rings. The molecule has 0 saturated carbocycles. The molecule has 18 heavy (non-hydrogen) atoms. The number of furan rings is 1. The van der Waals surface area contributed by atoms with Gasteiger partial charge in [0.2, 0.25) is 5.09 Å². The average Bonchev–Trinajstić information content (AvgIpc) is 2.78. The van der Waals surface area contributed by atoms with Crippen molar-refractivity contribution < 1.29 is 12.8 Å². The minimum Gasteiger partial charge on any atom is -0.447 e. The molecule has 0 atom stereocenters. The van der Waals surface area contributed by atoms with E-state index in [1.165, 1.54) is 13.1 Å². The van der Waals surface area contributed by atoms with E-state index in [1.54, 1.807) is 6.07 Å². The van der Waals surface area contributed by atoms with Gasteiger partial charge in [-0.2, -0.15) is 5.26 Å². The van der Waals surface area contributed by atoms with Gasteiger partial charge in [-0.25, -0.2) is 13.1 Å². The van der Waals surface area contributed by atoms with Crippen molar-refractivity contribution in [1.29, 1.82) is 5.26 Å². The summed E-state index contributed by atoms with van der Waals surface area (Å²) >= 11 is 0. The summed E-state index contributed by atoms with van der Waals surface area (Å²) in [5.74, 6) is 0.512. The molecule has 0 saturated heterocycles. The maximum Gasteiger partial charge on any atom is 0.273 e. The minimum atomic E-state index is -3.53. The lowest BCUT2D eigenvalue weighted by Crippen LogP contribution is -2.27. The van der Waals surface area contributed by atoms with Crippen molar-refractivity contribution in [1.82, 2.24) is 10.0 Å². The van der Waals surface area contributed by atoms with Crippen LogP contribution >= 0.6 is 0 Å². The van der Waals surface area contributed by atoms with Crippen LogP contribution in [-0.4, -0.2) is 22.0 Å². The van der Waals surface area contributed by atoms with Gasteiger partial charge in [0.05, 0.1) is 18.0 Å². The molecule has 0 aliphatic carbocycles. The normalized spacial score (nSPS) is 12.3. The van der Waals surface area contributed by atoms with Crippen LogP contribution in [0.15, 0.2) is 21.6 Å². The lowest BCUT2D eigenvalue weighted by molar-refractivity contribution is 0.380. The standard InChI is InChI=1S/C11H17N3O3S/c1-11(2,7-12)8-14-6-9-4-5-10(17-9)18(15,16)13-3/h4-5,13-14H,6,8H2,1-3H3. The molecule has 0 bridgehead atoms. The SMILES string of the molecule is CNS(=O)(=O)c1ccc(CNCC(C)(C)C#N)o1. The molecule has 0 unspecified atom stereocenters. The molecular weight excluding hydrogens is 254 g/mol. The van der Waals surface area contributed by atoms with Crippen molar-refractivity contribution in [3.63, 3.8) is 0 Å². The van der Waals surface area contributed by atoms with Gasteiger partial charge in [-0.1, -0.05) is 0 Å². The molecule has 0 aliphatic heterocycles. The fourth-order valence-electron chi connectivity index (χ4n) is 1.24. The van der Waals surface area contributed by atoms with Crippen molar-refractivity contribution in [2.45, 2.75) is 25.5 Å². The summed E-state index contributed by atoms with van der Waals surface area (Å²) in [5.41, 5.74) is -0.466. The van der Waals surface area contributed by atoms with Crippen molar-refractivity contribution in [2.75, 3.05) is 13.6 Å². The highest BCUT2D eigenvalue weighted by atomic mass is 32.2. The highest BCUT2D eigenvalue weighted by Gasteiger charge is 2.18. The van der Waals surface area contributed by atoms with Crippen LogP contribution in [0.2, 0.25) is 0 Å². The molecule has 1 heterocycles. The first-order chi connectivity index (χ1) is 8.30.